The molecule has 0 N–H and O–H groups in total. The molecule has 0 aromatic heterocycles. The number of hydrogen-bond acceptors (Lipinski definition) is 3. The maximum Gasteiger partial charge on any atom is 0.208 e. The van der Waals surface area contributed by atoms with E-state index in [0.717, 1.165) is 31.9 Å². The van der Waals surface area contributed by atoms with Crippen LogP contribution in [0.1, 0.15) is 25.7 Å². The molecule has 0 amide bonds. The lowest BCUT2D eigenvalue weighted by molar-refractivity contribution is 0.226. The van der Waals surface area contributed by atoms with Crippen LogP contribution in [0.3, 0.4) is 0 Å². The average molecular weight is 257 g/mol. The van der Waals surface area contributed by atoms with Crippen LogP contribution in [0.5, 0.6) is 0 Å². The molecule has 4 heteroatoms. The minimum Gasteiger partial charge on any atom is -0.477 e. The summed E-state index contributed by atoms with van der Waals surface area (Å²) in [5, 5.41) is 0.495. The molecular weight excluding hydrogens is 237 g/mol. The van der Waals surface area contributed by atoms with Gasteiger partial charge in [0.25, 0.3) is 0 Å². The first-order chi connectivity index (χ1) is 8.28. The number of thioether (sulfide) groups is 1. The number of allylic oxidation sites excluding steroid dienone is 1. The molecule has 1 aliphatic carbocycles. The third-order valence-electron chi connectivity index (χ3n) is 3.41. The van der Waals surface area contributed by atoms with Gasteiger partial charge in [-0.05, 0) is 43.9 Å². The van der Waals surface area contributed by atoms with Crippen molar-refractivity contribution in [3.05, 3.63) is 12.2 Å². The average Bonchev–Trinajstić information content (AvgIpc) is 2.39. The van der Waals surface area contributed by atoms with Crippen LogP contribution < -0.4 is 0 Å². The summed E-state index contributed by atoms with van der Waals surface area (Å²) in [6.07, 6.45) is 8.94. The molecule has 0 radical (unpaired) electrons. The Hall–Kier alpha value is -0.510. The highest BCUT2D eigenvalue weighted by atomic mass is 32.2. The van der Waals surface area contributed by atoms with Gasteiger partial charge in [0.2, 0.25) is 5.90 Å². The van der Waals surface area contributed by atoms with Crippen LogP contribution in [0, 0.1) is 5.92 Å². The molecule has 17 heavy (non-hydrogen) atoms. The van der Waals surface area contributed by atoms with Gasteiger partial charge in [0.1, 0.15) is 12.8 Å². The van der Waals surface area contributed by atoms with Gasteiger partial charge in [-0.1, -0.05) is 6.08 Å². The molecule has 2 rings (SSSR count). The second-order valence-electron chi connectivity index (χ2n) is 4.72. The Labute approximate surface area is 107 Å². The van der Waals surface area contributed by atoms with Crippen molar-refractivity contribution in [2.24, 2.45) is 10.9 Å². The molecule has 1 fully saturated rings. The predicted octanol–water partition coefficient (Wildman–Crippen LogP) is 3.23. The van der Waals surface area contributed by atoms with E-state index >= 15 is 0 Å². The van der Waals surface area contributed by atoms with Crippen molar-refractivity contribution in [3.63, 3.8) is 0 Å². The number of ether oxygens (including phenoxy) is 1. The highest BCUT2D eigenvalue weighted by Gasteiger charge is 2.19. The van der Waals surface area contributed by atoms with Crippen molar-refractivity contribution in [1.82, 2.24) is 0 Å². The first-order valence-electron chi connectivity index (χ1n) is 6.30. The SMILES string of the molecule is CSC1CN=C(/C=C/C2CCC(F)CC2)OC1. The van der Waals surface area contributed by atoms with Crippen LogP contribution in [0.15, 0.2) is 17.1 Å². The fourth-order valence-electron chi connectivity index (χ4n) is 2.20. The molecule has 96 valence electrons. The van der Waals surface area contributed by atoms with E-state index in [1.165, 1.54) is 0 Å². The zero-order chi connectivity index (χ0) is 12.1. The summed E-state index contributed by atoms with van der Waals surface area (Å²) < 4.78 is 18.5. The smallest absolute Gasteiger partial charge is 0.208 e. The molecule has 1 aliphatic heterocycles. The second kappa shape index (κ2) is 6.43. The quantitative estimate of drug-likeness (QED) is 0.774. The Morgan fingerprint density at radius 1 is 1.35 bits per heavy atom. The Kier molecular flexibility index (Phi) is 4.89. The van der Waals surface area contributed by atoms with Gasteiger partial charge in [-0.15, -0.1) is 0 Å². The first-order valence-corrected chi connectivity index (χ1v) is 7.59. The lowest BCUT2D eigenvalue weighted by atomic mass is 9.88. The lowest BCUT2D eigenvalue weighted by Gasteiger charge is -2.22. The van der Waals surface area contributed by atoms with E-state index in [-0.39, 0.29) is 0 Å². The molecule has 0 aromatic carbocycles. The molecule has 0 spiro atoms. The standard InChI is InChI=1S/C13H20FNOS/c1-17-12-8-15-13(16-9-12)7-4-10-2-5-11(14)6-3-10/h4,7,10-12H,2-3,5-6,8-9H2,1H3/b7-4+. The molecule has 0 saturated heterocycles. The van der Waals surface area contributed by atoms with Gasteiger partial charge in [0.05, 0.1) is 11.8 Å². The molecule has 1 heterocycles. The summed E-state index contributed by atoms with van der Waals surface area (Å²) in [5.41, 5.74) is 0. The number of rotatable bonds is 3. The third kappa shape index (κ3) is 4.02. The van der Waals surface area contributed by atoms with Crippen molar-refractivity contribution in [1.29, 1.82) is 0 Å². The van der Waals surface area contributed by atoms with E-state index in [4.69, 9.17) is 4.74 Å². The zero-order valence-corrected chi connectivity index (χ0v) is 11.1. The first kappa shape index (κ1) is 12.9. The molecule has 1 unspecified atom stereocenters. The number of aliphatic imine (C=N–C) groups is 1. The van der Waals surface area contributed by atoms with Crippen molar-refractivity contribution in [2.45, 2.75) is 37.1 Å². The largest absolute Gasteiger partial charge is 0.477 e. The van der Waals surface area contributed by atoms with Crippen molar-refractivity contribution in [3.8, 4) is 0 Å². The van der Waals surface area contributed by atoms with Gasteiger partial charge in [0.15, 0.2) is 0 Å². The molecular formula is C13H20FNOS. The van der Waals surface area contributed by atoms with E-state index in [1.807, 2.05) is 6.08 Å². The topological polar surface area (TPSA) is 21.6 Å². The minimum atomic E-state index is -0.578. The van der Waals surface area contributed by atoms with E-state index in [9.17, 15) is 4.39 Å². The molecule has 1 atom stereocenters. The van der Waals surface area contributed by atoms with Crippen molar-refractivity contribution in [2.75, 3.05) is 19.4 Å². The van der Waals surface area contributed by atoms with Crippen molar-refractivity contribution < 1.29 is 9.13 Å². The Morgan fingerprint density at radius 3 is 2.71 bits per heavy atom. The second-order valence-corrected chi connectivity index (χ2v) is 5.86. The molecule has 2 aliphatic rings. The highest BCUT2D eigenvalue weighted by molar-refractivity contribution is 7.99. The summed E-state index contributed by atoms with van der Waals surface area (Å²) in [6, 6.07) is 0. The van der Waals surface area contributed by atoms with Crippen molar-refractivity contribution >= 4 is 17.7 Å². The van der Waals surface area contributed by atoms with E-state index in [1.54, 1.807) is 11.8 Å². The van der Waals surface area contributed by atoms with Crippen LogP contribution in [0.25, 0.3) is 0 Å². The summed E-state index contributed by atoms with van der Waals surface area (Å²) in [7, 11) is 0. The normalized spacial score (nSPS) is 34.5. The minimum absolute atomic E-state index is 0.495. The van der Waals surface area contributed by atoms with Gasteiger partial charge in [-0.2, -0.15) is 11.8 Å². The molecule has 1 saturated carbocycles. The molecule has 0 aromatic rings. The van der Waals surface area contributed by atoms with Gasteiger partial charge in [0, 0.05) is 0 Å². The Morgan fingerprint density at radius 2 is 2.12 bits per heavy atom. The molecule has 0 bridgehead atoms. The number of alkyl halides is 1. The van der Waals surface area contributed by atoms with Gasteiger partial charge < -0.3 is 4.74 Å². The monoisotopic (exact) mass is 257 g/mol. The summed E-state index contributed by atoms with van der Waals surface area (Å²) >= 11 is 1.80. The van der Waals surface area contributed by atoms with Crippen LogP contribution >= 0.6 is 11.8 Å². The fraction of sp³-hybridized carbons (Fsp3) is 0.769. The Balaban J connectivity index is 1.79. The zero-order valence-electron chi connectivity index (χ0n) is 10.3. The number of nitrogens with zero attached hydrogens (tertiary/aromatic N) is 1. The van der Waals surface area contributed by atoms with E-state index in [2.05, 4.69) is 17.3 Å². The highest BCUT2D eigenvalue weighted by Crippen LogP contribution is 2.27. The maximum absolute atomic E-state index is 13.0. The number of hydrogen-bond donors (Lipinski definition) is 0. The third-order valence-corrected chi connectivity index (χ3v) is 4.37. The Bertz CT molecular complexity index is 298. The van der Waals surface area contributed by atoms with Gasteiger partial charge in [-0.25, -0.2) is 4.39 Å². The molecule has 2 nitrogen and oxygen atoms in total. The van der Waals surface area contributed by atoms with E-state index < -0.39 is 6.17 Å². The summed E-state index contributed by atoms with van der Waals surface area (Å²) in [6.45, 7) is 1.60. The van der Waals surface area contributed by atoms with Crippen LogP contribution in [0.2, 0.25) is 0 Å². The summed E-state index contributed by atoms with van der Waals surface area (Å²) in [5.74, 6) is 1.25. The van der Waals surface area contributed by atoms with Gasteiger partial charge >= 0.3 is 0 Å². The summed E-state index contributed by atoms with van der Waals surface area (Å²) in [4.78, 5) is 4.39. The van der Waals surface area contributed by atoms with Gasteiger partial charge in [-0.3, -0.25) is 4.99 Å². The van der Waals surface area contributed by atoms with Crippen LogP contribution in [-0.4, -0.2) is 36.7 Å². The van der Waals surface area contributed by atoms with Crippen LogP contribution in [-0.2, 0) is 4.74 Å². The fourth-order valence-corrected chi connectivity index (χ4v) is 2.63. The predicted molar refractivity (Wildman–Crippen MR) is 71.6 cm³/mol. The maximum atomic E-state index is 13.0. The number of halogens is 1. The lowest BCUT2D eigenvalue weighted by Crippen LogP contribution is -2.24. The van der Waals surface area contributed by atoms with E-state index in [0.29, 0.717) is 24.0 Å². The van der Waals surface area contributed by atoms with Crippen LogP contribution in [0.4, 0.5) is 4.39 Å².